The molecule has 0 aliphatic carbocycles. The molecule has 0 saturated heterocycles. The lowest BCUT2D eigenvalue weighted by Gasteiger charge is -2.19. The van der Waals surface area contributed by atoms with Gasteiger partial charge in [-0.2, -0.15) is 0 Å². The van der Waals surface area contributed by atoms with E-state index in [4.69, 9.17) is 14.2 Å². The maximum absolute atomic E-state index is 12.4. The molecule has 0 amide bonds. The van der Waals surface area contributed by atoms with Gasteiger partial charge in [0.2, 0.25) is 5.75 Å². The normalized spacial score (nSPS) is 11.0. The van der Waals surface area contributed by atoms with Gasteiger partial charge in [0.15, 0.2) is 11.5 Å². The highest BCUT2D eigenvalue weighted by atomic mass is 16.6. The van der Waals surface area contributed by atoms with Gasteiger partial charge in [-0.3, -0.25) is 0 Å². The average molecular weight is 314 g/mol. The smallest absolute Gasteiger partial charge is 0.343 e. The van der Waals surface area contributed by atoms with E-state index in [1.807, 2.05) is 12.1 Å². The van der Waals surface area contributed by atoms with Gasteiger partial charge in [0.1, 0.15) is 0 Å². The summed E-state index contributed by atoms with van der Waals surface area (Å²) in [7, 11) is 3.04. The van der Waals surface area contributed by atoms with Gasteiger partial charge in [-0.1, -0.05) is 39.0 Å². The molecule has 2 aromatic rings. The number of hydrogen-bond acceptors (Lipinski definition) is 4. The van der Waals surface area contributed by atoms with Gasteiger partial charge in [0, 0.05) is 0 Å². The number of carbonyl (C=O) groups excluding carboxylic acids is 1. The minimum atomic E-state index is -0.451. The van der Waals surface area contributed by atoms with Crippen molar-refractivity contribution in [1.29, 1.82) is 0 Å². The van der Waals surface area contributed by atoms with E-state index in [-0.39, 0.29) is 11.2 Å². The van der Waals surface area contributed by atoms with E-state index in [0.29, 0.717) is 17.1 Å². The van der Waals surface area contributed by atoms with Gasteiger partial charge in [-0.05, 0) is 35.2 Å². The number of esters is 1. The minimum absolute atomic E-state index is 0.0360. The average Bonchev–Trinajstić information content (AvgIpc) is 2.54. The van der Waals surface area contributed by atoms with E-state index in [1.54, 1.807) is 30.3 Å². The quantitative estimate of drug-likeness (QED) is 0.626. The fourth-order valence-corrected chi connectivity index (χ4v) is 2.18. The molecule has 0 spiro atoms. The molecule has 122 valence electrons. The van der Waals surface area contributed by atoms with Crippen LogP contribution in [-0.2, 0) is 5.41 Å². The van der Waals surface area contributed by atoms with Crippen LogP contribution in [0.4, 0.5) is 0 Å². The summed E-state index contributed by atoms with van der Waals surface area (Å²) < 4.78 is 15.9. The summed E-state index contributed by atoms with van der Waals surface area (Å²) >= 11 is 0. The first-order valence-corrected chi connectivity index (χ1v) is 7.40. The second-order valence-electron chi connectivity index (χ2n) is 6.21. The van der Waals surface area contributed by atoms with Crippen molar-refractivity contribution in [3.05, 3.63) is 53.6 Å². The molecule has 0 bridgehead atoms. The van der Waals surface area contributed by atoms with E-state index in [0.717, 1.165) is 5.56 Å². The lowest BCUT2D eigenvalue weighted by molar-refractivity contribution is 0.0724. The second kappa shape index (κ2) is 6.73. The third-order valence-corrected chi connectivity index (χ3v) is 3.56. The van der Waals surface area contributed by atoms with E-state index < -0.39 is 5.97 Å². The predicted octanol–water partition coefficient (Wildman–Crippen LogP) is 4.22. The Kier molecular flexibility index (Phi) is 4.94. The Morgan fingerprint density at radius 3 is 1.83 bits per heavy atom. The van der Waals surface area contributed by atoms with Crippen molar-refractivity contribution in [2.75, 3.05) is 14.2 Å². The first-order valence-electron chi connectivity index (χ1n) is 7.40. The Balaban J connectivity index is 2.26. The molecule has 0 aliphatic rings. The van der Waals surface area contributed by atoms with Crippen LogP contribution in [0, 0.1) is 0 Å². The van der Waals surface area contributed by atoms with Crippen LogP contribution in [0.2, 0.25) is 0 Å². The Labute approximate surface area is 137 Å². The molecule has 0 saturated carbocycles. The Morgan fingerprint density at radius 2 is 1.39 bits per heavy atom. The Bertz CT molecular complexity index is 659. The first-order chi connectivity index (χ1) is 10.9. The van der Waals surface area contributed by atoms with Crippen molar-refractivity contribution in [1.82, 2.24) is 0 Å². The maximum atomic E-state index is 12.4. The first kappa shape index (κ1) is 16.9. The zero-order chi connectivity index (χ0) is 17.0. The van der Waals surface area contributed by atoms with Crippen LogP contribution in [0.25, 0.3) is 0 Å². The third kappa shape index (κ3) is 3.83. The minimum Gasteiger partial charge on any atom is -0.493 e. The molecule has 0 heterocycles. The number of benzene rings is 2. The molecule has 0 radical (unpaired) electrons. The summed E-state index contributed by atoms with van der Waals surface area (Å²) in [5.74, 6) is 0.726. The topological polar surface area (TPSA) is 44.8 Å². The van der Waals surface area contributed by atoms with Crippen molar-refractivity contribution in [2.24, 2.45) is 0 Å². The molecule has 4 nitrogen and oxygen atoms in total. The fraction of sp³-hybridized carbons (Fsp3) is 0.316. The summed E-state index contributed by atoms with van der Waals surface area (Å²) in [6.07, 6.45) is 0. The highest BCUT2D eigenvalue weighted by Gasteiger charge is 2.18. The molecule has 23 heavy (non-hydrogen) atoms. The molecule has 0 unspecified atom stereocenters. The fourth-order valence-electron chi connectivity index (χ4n) is 2.18. The maximum Gasteiger partial charge on any atom is 0.343 e. The number of carbonyl (C=O) groups is 1. The predicted molar refractivity (Wildman–Crippen MR) is 89.6 cm³/mol. The van der Waals surface area contributed by atoms with Gasteiger partial charge >= 0.3 is 5.97 Å². The van der Waals surface area contributed by atoms with E-state index in [9.17, 15) is 4.79 Å². The highest BCUT2D eigenvalue weighted by Crippen LogP contribution is 2.37. The van der Waals surface area contributed by atoms with Crippen molar-refractivity contribution < 1.29 is 19.0 Å². The van der Waals surface area contributed by atoms with Crippen LogP contribution in [0.5, 0.6) is 17.2 Å². The van der Waals surface area contributed by atoms with Crippen LogP contribution in [0.1, 0.15) is 36.7 Å². The van der Waals surface area contributed by atoms with Crippen LogP contribution >= 0.6 is 0 Å². The van der Waals surface area contributed by atoms with E-state index >= 15 is 0 Å². The SMILES string of the molecule is COc1cccc(OC)c1OC(=O)c1ccc(C(C)(C)C)cc1. The Morgan fingerprint density at radius 1 is 0.870 bits per heavy atom. The van der Waals surface area contributed by atoms with Crippen molar-refractivity contribution >= 4 is 5.97 Å². The van der Waals surface area contributed by atoms with Crippen molar-refractivity contribution in [3.8, 4) is 17.2 Å². The molecule has 2 aromatic carbocycles. The third-order valence-electron chi connectivity index (χ3n) is 3.56. The van der Waals surface area contributed by atoms with Gasteiger partial charge in [-0.25, -0.2) is 4.79 Å². The number of hydrogen-bond donors (Lipinski definition) is 0. The van der Waals surface area contributed by atoms with Crippen LogP contribution in [-0.4, -0.2) is 20.2 Å². The van der Waals surface area contributed by atoms with Gasteiger partial charge in [-0.15, -0.1) is 0 Å². The van der Waals surface area contributed by atoms with Crippen LogP contribution in [0.3, 0.4) is 0 Å². The molecule has 0 N–H and O–H groups in total. The molecule has 0 fully saturated rings. The van der Waals surface area contributed by atoms with E-state index in [1.165, 1.54) is 14.2 Å². The van der Waals surface area contributed by atoms with Gasteiger partial charge in [0.25, 0.3) is 0 Å². The zero-order valence-electron chi connectivity index (χ0n) is 14.2. The largest absolute Gasteiger partial charge is 0.493 e. The summed E-state index contributed by atoms with van der Waals surface area (Å²) in [6, 6.07) is 12.6. The standard InChI is InChI=1S/C19H22O4/c1-19(2,3)14-11-9-13(10-12-14)18(20)23-17-15(21-4)7-6-8-16(17)22-5/h6-12H,1-5H3. The molecular weight excluding hydrogens is 292 g/mol. The van der Waals surface area contributed by atoms with Gasteiger partial charge < -0.3 is 14.2 Å². The van der Waals surface area contributed by atoms with Crippen LogP contribution in [0.15, 0.2) is 42.5 Å². The highest BCUT2D eigenvalue weighted by molar-refractivity contribution is 5.91. The number of rotatable bonds is 4. The lowest BCUT2D eigenvalue weighted by atomic mass is 9.87. The molecule has 0 atom stereocenters. The summed E-state index contributed by atoms with van der Waals surface area (Å²) in [5.41, 5.74) is 1.67. The lowest BCUT2D eigenvalue weighted by Crippen LogP contribution is -2.13. The van der Waals surface area contributed by atoms with E-state index in [2.05, 4.69) is 20.8 Å². The number of ether oxygens (including phenoxy) is 3. The second-order valence-corrected chi connectivity index (χ2v) is 6.21. The van der Waals surface area contributed by atoms with Crippen LogP contribution < -0.4 is 14.2 Å². The molecule has 0 aromatic heterocycles. The Hall–Kier alpha value is -2.49. The molecule has 0 aliphatic heterocycles. The van der Waals surface area contributed by atoms with Crippen molar-refractivity contribution in [3.63, 3.8) is 0 Å². The number of methoxy groups -OCH3 is 2. The summed E-state index contributed by atoms with van der Waals surface area (Å²) in [5, 5.41) is 0. The molecular formula is C19H22O4. The van der Waals surface area contributed by atoms with Gasteiger partial charge in [0.05, 0.1) is 19.8 Å². The summed E-state index contributed by atoms with van der Waals surface area (Å²) in [4.78, 5) is 12.4. The van der Waals surface area contributed by atoms with Crippen molar-refractivity contribution in [2.45, 2.75) is 26.2 Å². The zero-order valence-corrected chi connectivity index (χ0v) is 14.2. The molecule has 4 heteroatoms. The monoisotopic (exact) mass is 314 g/mol. The summed E-state index contributed by atoms with van der Waals surface area (Å²) in [6.45, 7) is 6.38. The molecule has 2 rings (SSSR count). The number of para-hydroxylation sites is 1.